The fourth-order valence-electron chi connectivity index (χ4n) is 4.76. The SMILES string of the molecule is CCC1=C(C(=O)OC)[C@H](c2ccccc2)n2c(s/c(=C/c3cc(Cl)c(OCc4ccc(C#N)cc4)c(OC)c3)c2=O)=N1. The average Bonchev–Trinajstić information content (AvgIpc) is 3.33. The molecule has 0 aliphatic carbocycles. The summed E-state index contributed by atoms with van der Waals surface area (Å²) >= 11 is 7.85. The van der Waals surface area contributed by atoms with Crippen molar-refractivity contribution in [3.8, 4) is 17.6 Å². The van der Waals surface area contributed by atoms with E-state index in [9.17, 15) is 9.59 Å². The van der Waals surface area contributed by atoms with Crippen LogP contribution in [-0.4, -0.2) is 24.8 Å². The van der Waals surface area contributed by atoms with Gasteiger partial charge in [0.15, 0.2) is 16.3 Å². The number of benzene rings is 3. The number of nitriles is 1. The second kappa shape index (κ2) is 12.5. The van der Waals surface area contributed by atoms with Crippen LogP contribution in [0.15, 0.2) is 87.8 Å². The Morgan fingerprint density at radius 2 is 1.88 bits per heavy atom. The van der Waals surface area contributed by atoms with Crippen LogP contribution >= 0.6 is 22.9 Å². The summed E-state index contributed by atoms with van der Waals surface area (Å²) in [5, 5.41) is 9.32. The minimum absolute atomic E-state index is 0.224. The molecule has 0 N–H and O–H groups in total. The van der Waals surface area contributed by atoms with Crippen LogP contribution in [0.3, 0.4) is 0 Å². The number of carbonyl (C=O) groups excluding carboxylic acids is 1. The zero-order valence-corrected chi connectivity index (χ0v) is 24.7. The standard InChI is InChI=1S/C32H26ClN3O5S/c1-4-24-27(31(38)40-3)28(22-8-6-5-7-9-22)36-30(37)26(42-32(36)35-24)16-21-14-23(33)29(25(15-21)39-2)41-18-20-12-10-19(17-34)11-13-20/h5-16,28H,4,18H2,1-3H3/b26-16+/t28-/m0/s1. The van der Waals surface area contributed by atoms with Crippen molar-refractivity contribution in [1.82, 2.24) is 4.57 Å². The lowest BCUT2D eigenvalue weighted by atomic mass is 9.95. The normalized spacial score (nSPS) is 14.5. The Morgan fingerprint density at radius 1 is 1.14 bits per heavy atom. The topological polar surface area (TPSA) is 103 Å². The van der Waals surface area contributed by atoms with Gasteiger partial charge in [-0.05, 0) is 53.5 Å². The van der Waals surface area contributed by atoms with Crippen molar-refractivity contribution < 1.29 is 19.0 Å². The second-order valence-electron chi connectivity index (χ2n) is 9.33. The van der Waals surface area contributed by atoms with Gasteiger partial charge in [-0.15, -0.1) is 0 Å². The highest BCUT2D eigenvalue weighted by Crippen LogP contribution is 2.37. The Bertz CT molecular complexity index is 1900. The summed E-state index contributed by atoms with van der Waals surface area (Å²) in [6.45, 7) is 2.14. The molecule has 0 fully saturated rings. The van der Waals surface area contributed by atoms with Crippen molar-refractivity contribution in [2.75, 3.05) is 14.2 Å². The first-order valence-electron chi connectivity index (χ1n) is 13.1. The fourth-order valence-corrected chi connectivity index (χ4v) is 6.05. The monoisotopic (exact) mass is 599 g/mol. The van der Waals surface area contributed by atoms with Gasteiger partial charge in [0.1, 0.15) is 6.61 Å². The molecule has 0 saturated carbocycles. The van der Waals surface area contributed by atoms with Crippen LogP contribution in [0.2, 0.25) is 5.02 Å². The Labute approximate surface area is 251 Å². The number of rotatable bonds is 8. The number of hydrogen-bond acceptors (Lipinski definition) is 8. The maximum atomic E-state index is 13.9. The minimum atomic E-state index is -0.678. The summed E-state index contributed by atoms with van der Waals surface area (Å²) in [4.78, 5) is 32.0. The highest BCUT2D eigenvalue weighted by atomic mass is 35.5. The predicted molar refractivity (Wildman–Crippen MR) is 160 cm³/mol. The number of methoxy groups -OCH3 is 2. The molecule has 212 valence electrons. The van der Waals surface area contributed by atoms with Crippen LogP contribution in [0.25, 0.3) is 6.08 Å². The fraction of sp³-hybridized carbons (Fsp3) is 0.188. The smallest absolute Gasteiger partial charge is 0.338 e. The summed E-state index contributed by atoms with van der Waals surface area (Å²) in [6.07, 6.45) is 2.22. The van der Waals surface area contributed by atoms with Crippen LogP contribution in [0, 0.1) is 11.3 Å². The molecular weight excluding hydrogens is 574 g/mol. The first-order valence-corrected chi connectivity index (χ1v) is 14.2. The maximum Gasteiger partial charge on any atom is 0.338 e. The van der Waals surface area contributed by atoms with Crippen molar-refractivity contribution in [2.45, 2.75) is 26.0 Å². The minimum Gasteiger partial charge on any atom is -0.493 e. The lowest BCUT2D eigenvalue weighted by Gasteiger charge is -2.25. The quantitative estimate of drug-likeness (QED) is 0.267. The van der Waals surface area contributed by atoms with Crippen LogP contribution in [0.5, 0.6) is 11.5 Å². The number of aromatic nitrogens is 1. The molecule has 1 atom stereocenters. The van der Waals surface area contributed by atoms with Gasteiger partial charge in [-0.1, -0.05) is 72.3 Å². The van der Waals surface area contributed by atoms with E-state index in [1.807, 2.05) is 49.4 Å². The average molecular weight is 600 g/mol. The van der Waals surface area contributed by atoms with Gasteiger partial charge in [0.05, 0.1) is 52.7 Å². The van der Waals surface area contributed by atoms with Crippen molar-refractivity contribution in [3.63, 3.8) is 0 Å². The number of allylic oxidation sites excluding steroid dienone is 1. The van der Waals surface area contributed by atoms with Gasteiger partial charge in [-0.3, -0.25) is 9.36 Å². The number of esters is 1. The number of hydrogen-bond donors (Lipinski definition) is 0. The van der Waals surface area contributed by atoms with Gasteiger partial charge in [0, 0.05) is 0 Å². The van der Waals surface area contributed by atoms with Gasteiger partial charge >= 0.3 is 5.97 Å². The summed E-state index contributed by atoms with van der Waals surface area (Å²) in [6, 6.07) is 21.3. The van der Waals surface area contributed by atoms with Crippen LogP contribution in [0.4, 0.5) is 0 Å². The molecule has 0 radical (unpaired) electrons. The number of carbonyl (C=O) groups is 1. The molecule has 3 aromatic carbocycles. The molecule has 10 heteroatoms. The lowest BCUT2D eigenvalue weighted by molar-refractivity contribution is -0.136. The van der Waals surface area contributed by atoms with E-state index in [0.29, 0.717) is 54.7 Å². The number of fused-ring (bicyclic) bond motifs is 1. The zero-order chi connectivity index (χ0) is 29.8. The predicted octanol–water partition coefficient (Wildman–Crippen LogP) is 4.91. The maximum absolute atomic E-state index is 13.9. The van der Waals surface area contributed by atoms with E-state index >= 15 is 0 Å². The molecule has 5 rings (SSSR count). The molecule has 0 bridgehead atoms. The first kappa shape index (κ1) is 28.9. The van der Waals surface area contributed by atoms with Gasteiger partial charge in [-0.25, -0.2) is 9.79 Å². The Balaban J connectivity index is 1.56. The molecule has 0 saturated heterocycles. The molecule has 8 nitrogen and oxygen atoms in total. The first-order chi connectivity index (χ1) is 20.4. The lowest BCUT2D eigenvalue weighted by Crippen LogP contribution is -2.40. The zero-order valence-electron chi connectivity index (χ0n) is 23.1. The van der Waals surface area contributed by atoms with Crippen molar-refractivity contribution in [2.24, 2.45) is 4.99 Å². The van der Waals surface area contributed by atoms with E-state index in [0.717, 1.165) is 11.1 Å². The molecule has 42 heavy (non-hydrogen) atoms. The van der Waals surface area contributed by atoms with Crippen molar-refractivity contribution in [3.05, 3.63) is 125 Å². The van der Waals surface area contributed by atoms with Crippen LogP contribution in [0.1, 0.15) is 41.6 Å². The summed E-state index contributed by atoms with van der Waals surface area (Å²) < 4.78 is 18.6. The molecule has 0 unspecified atom stereocenters. The van der Waals surface area contributed by atoms with E-state index in [1.165, 1.54) is 25.6 Å². The molecule has 1 aromatic heterocycles. The van der Waals surface area contributed by atoms with Crippen molar-refractivity contribution in [1.29, 1.82) is 5.26 Å². The third kappa shape index (κ3) is 5.59. The summed E-state index contributed by atoms with van der Waals surface area (Å²) in [7, 11) is 2.84. The molecule has 0 spiro atoms. The van der Waals surface area contributed by atoms with E-state index in [-0.39, 0.29) is 12.2 Å². The molecule has 1 aliphatic heterocycles. The highest BCUT2D eigenvalue weighted by molar-refractivity contribution is 7.07. The van der Waals surface area contributed by atoms with E-state index in [2.05, 4.69) is 6.07 Å². The number of nitrogens with zero attached hydrogens (tertiary/aromatic N) is 3. The number of thiazole rings is 1. The third-order valence-corrected chi connectivity index (χ3v) is 8.04. The molecule has 4 aromatic rings. The highest BCUT2D eigenvalue weighted by Gasteiger charge is 2.33. The Hall–Kier alpha value is -4.65. The summed E-state index contributed by atoms with van der Waals surface area (Å²) in [5.74, 6) is 0.243. The summed E-state index contributed by atoms with van der Waals surface area (Å²) in [5.41, 5.74) is 3.47. The van der Waals surface area contributed by atoms with Gasteiger partial charge in [0.25, 0.3) is 5.56 Å². The van der Waals surface area contributed by atoms with Crippen LogP contribution in [-0.2, 0) is 16.1 Å². The molecular formula is C32H26ClN3O5S. The Morgan fingerprint density at radius 3 is 2.52 bits per heavy atom. The van der Waals surface area contributed by atoms with Crippen LogP contribution < -0.4 is 24.4 Å². The third-order valence-electron chi connectivity index (χ3n) is 6.78. The molecule has 1 aliphatic rings. The van der Waals surface area contributed by atoms with E-state index < -0.39 is 12.0 Å². The Kier molecular flexibility index (Phi) is 8.57. The van der Waals surface area contributed by atoms with Gasteiger partial charge in [0.2, 0.25) is 0 Å². The van der Waals surface area contributed by atoms with Gasteiger partial charge in [-0.2, -0.15) is 5.26 Å². The van der Waals surface area contributed by atoms with Gasteiger partial charge < -0.3 is 14.2 Å². The van der Waals surface area contributed by atoms with Crippen molar-refractivity contribution >= 4 is 35.0 Å². The largest absolute Gasteiger partial charge is 0.493 e. The molecule has 2 heterocycles. The number of ether oxygens (including phenoxy) is 3. The number of halogens is 1. The van der Waals surface area contributed by atoms with E-state index in [1.54, 1.807) is 34.9 Å². The second-order valence-corrected chi connectivity index (χ2v) is 10.7. The van der Waals surface area contributed by atoms with E-state index in [4.69, 9.17) is 36.1 Å². The molecule has 0 amide bonds.